The van der Waals surface area contributed by atoms with Crippen LogP contribution < -0.4 is 11.5 Å². The van der Waals surface area contributed by atoms with Crippen LogP contribution in [0.25, 0.3) is 0 Å². The van der Waals surface area contributed by atoms with Crippen molar-refractivity contribution in [2.45, 2.75) is 12.5 Å². The van der Waals surface area contributed by atoms with Gasteiger partial charge in [0.2, 0.25) is 5.91 Å². The van der Waals surface area contributed by atoms with Gasteiger partial charge in [-0.25, -0.2) is 0 Å². The minimum Gasteiger partial charge on any atom is -0.369 e. The minimum absolute atomic E-state index is 0.0206. The molecule has 0 aliphatic carbocycles. The zero-order valence-corrected chi connectivity index (χ0v) is 9.88. The number of nitrogens with two attached hydrogens (primary N) is 2. The maximum Gasteiger partial charge on any atom is 0.221 e. The molecule has 0 bridgehead atoms. The van der Waals surface area contributed by atoms with Crippen molar-refractivity contribution >= 4 is 5.91 Å². The summed E-state index contributed by atoms with van der Waals surface area (Å²) in [5.41, 5.74) is 12.4. The van der Waals surface area contributed by atoms with E-state index in [0.717, 1.165) is 19.5 Å². The van der Waals surface area contributed by atoms with Gasteiger partial charge in [-0.15, -0.1) is 0 Å². The van der Waals surface area contributed by atoms with E-state index in [1.54, 1.807) is 0 Å². The first-order chi connectivity index (χ1) is 8.22. The van der Waals surface area contributed by atoms with Gasteiger partial charge in [0.1, 0.15) is 0 Å². The van der Waals surface area contributed by atoms with Crippen molar-refractivity contribution in [1.82, 2.24) is 4.90 Å². The van der Waals surface area contributed by atoms with Crippen molar-refractivity contribution < 1.29 is 4.79 Å². The number of hydrogen-bond donors (Lipinski definition) is 2. The smallest absolute Gasteiger partial charge is 0.221 e. The third kappa shape index (κ3) is 2.65. The molecule has 0 saturated carbocycles. The van der Waals surface area contributed by atoms with Gasteiger partial charge in [0.25, 0.3) is 0 Å². The zero-order chi connectivity index (χ0) is 12.3. The van der Waals surface area contributed by atoms with Crippen molar-refractivity contribution in [2.75, 3.05) is 19.6 Å². The number of benzene rings is 1. The highest BCUT2D eigenvalue weighted by atomic mass is 16.1. The number of nitrogens with zero attached hydrogens (tertiary/aromatic N) is 1. The van der Waals surface area contributed by atoms with E-state index in [9.17, 15) is 4.79 Å². The van der Waals surface area contributed by atoms with Crippen molar-refractivity contribution in [1.29, 1.82) is 0 Å². The predicted octanol–water partition coefficient (Wildman–Crippen LogP) is 0.494. The lowest BCUT2D eigenvalue weighted by atomic mass is 10.1. The van der Waals surface area contributed by atoms with Gasteiger partial charge < -0.3 is 11.5 Å². The molecule has 0 spiro atoms. The summed E-state index contributed by atoms with van der Waals surface area (Å²) in [6.45, 7) is 2.19. The van der Waals surface area contributed by atoms with Crippen LogP contribution in [0, 0.1) is 5.92 Å². The van der Waals surface area contributed by atoms with Gasteiger partial charge in [-0.1, -0.05) is 30.3 Å². The summed E-state index contributed by atoms with van der Waals surface area (Å²) in [4.78, 5) is 13.4. The lowest BCUT2D eigenvalue weighted by molar-refractivity contribution is -0.121. The van der Waals surface area contributed by atoms with Gasteiger partial charge in [0.15, 0.2) is 0 Å². The summed E-state index contributed by atoms with van der Waals surface area (Å²) in [7, 11) is 0. The van der Waals surface area contributed by atoms with Gasteiger partial charge in [-0.2, -0.15) is 0 Å². The summed E-state index contributed by atoms with van der Waals surface area (Å²) < 4.78 is 0. The Kier molecular flexibility index (Phi) is 3.76. The summed E-state index contributed by atoms with van der Waals surface area (Å²) >= 11 is 0. The lowest BCUT2D eigenvalue weighted by Crippen LogP contribution is -2.33. The van der Waals surface area contributed by atoms with E-state index < -0.39 is 0 Å². The van der Waals surface area contributed by atoms with Gasteiger partial charge >= 0.3 is 0 Å². The molecule has 1 fully saturated rings. The van der Waals surface area contributed by atoms with E-state index in [4.69, 9.17) is 11.5 Å². The molecule has 1 aromatic carbocycles. The molecule has 0 aromatic heterocycles. The second-order valence-corrected chi connectivity index (χ2v) is 4.55. The summed E-state index contributed by atoms with van der Waals surface area (Å²) in [5, 5.41) is 0. The maximum atomic E-state index is 11.2. The fraction of sp³-hybridized carbons (Fsp3) is 0.462. The number of carbonyl (C=O) groups excluding carboxylic acids is 1. The molecule has 4 N–H and O–H groups in total. The SMILES string of the molecule is NCC(c1ccccc1)N1CCC(C(N)=O)C1. The Bertz CT molecular complexity index is 380. The van der Waals surface area contributed by atoms with Gasteiger partial charge in [-0.3, -0.25) is 9.69 Å². The summed E-state index contributed by atoms with van der Waals surface area (Å²) in [6.07, 6.45) is 0.846. The van der Waals surface area contributed by atoms with Crippen molar-refractivity contribution in [3.05, 3.63) is 35.9 Å². The monoisotopic (exact) mass is 233 g/mol. The molecule has 1 aromatic rings. The summed E-state index contributed by atoms with van der Waals surface area (Å²) in [5.74, 6) is -0.218. The van der Waals surface area contributed by atoms with E-state index in [-0.39, 0.29) is 17.9 Å². The number of likely N-dealkylation sites (tertiary alicyclic amines) is 1. The molecule has 2 atom stereocenters. The van der Waals surface area contributed by atoms with Crippen molar-refractivity contribution in [2.24, 2.45) is 17.4 Å². The van der Waals surface area contributed by atoms with Crippen LogP contribution in [0.4, 0.5) is 0 Å². The number of rotatable bonds is 4. The molecule has 17 heavy (non-hydrogen) atoms. The predicted molar refractivity (Wildman–Crippen MR) is 67.1 cm³/mol. The average Bonchev–Trinajstić information content (AvgIpc) is 2.81. The minimum atomic E-state index is -0.198. The Labute approximate surface area is 102 Å². The van der Waals surface area contributed by atoms with E-state index in [1.165, 1.54) is 5.56 Å². The van der Waals surface area contributed by atoms with E-state index >= 15 is 0 Å². The highest BCUT2D eigenvalue weighted by Gasteiger charge is 2.31. The molecule has 1 aliphatic heterocycles. The highest BCUT2D eigenvalue weighted by Crippen LogP contribution is 2.26. The molecule has 92 valence electrons. The van der Waals surface area contributed by atoms with Crippen LogP contribution in [0.2, 0.25) is 0 Å². The third-order valence-electron chi connectivity index (χ3n) is 3.47. The second-order valence-electron chi connectivity index (χ2n) is 4.55. The Balaban J connectivity index is 2.08. The van der Waals surface area contributed by atoms with E-state index in [0.29, 0.717) is 6.54 Å². The van der Waals surface area contributed by atoms with Crippen LogP contribution in [-0.4, -0.2) is 30.4 Å². The van der Waals surface area contributed by atoms with Crippen LogP contribution in [0.3, 0.4) is 0 Å². The summed E-state index contributed by atoms with van der Waals surface area (Å²) in [6, 6.07) is 10.4. The topological polar surface area (TPSA) is 72.3 Å². The van der Waals surface area contributed by atoms with Gasteiger partial charge in [-0.05, 0) is 18.5 Å². The first-order valence-corrected chi connectivity index (χ1v) is 6.00. The molecule has 4 heteroatoms. The first kappa shape index (κ1) is 12.1. The molecule has 0 radical (unpaired) electrons. The number of carbonyl (C=O) groups is 1. The lowest BCUT2D eigenvalue weighted by Gasteiger charge is -2.26. The maximum absolute atomic E-state index is 11.2. The van der Waals surface area contributed by atoms with Crippen molar-refractivity contribution in [3.63, 3.8) is 0 Å². The first-order valence-electron chi connectivity index (χ1n) is 6.00. The van der Waals surface area contributed by atoms with E-state index in [1.807, 2.05) is 18.2 Å². The third-order valence-corrected chi connectivity index (χ3v) is 3.47. The quantitative estimate of drug-likeness (QED) is 0.795. The average molecular weight is 233 g/mol. The number of amides is 1. The fourth-order valence-electron chi connectivity index (χ4n) is 2.47. The molecule has 1 amide bonds. The fourth-order valence-corrected chi connectivity index (χ4v) is 2.47. The molecule has 1 saturated heterocycles. The zero-order valence-electron chi connectivity index (χ0n) is 9.88. The molecule has 2 rings (SSSR count). The van der Waals surface area contributed by atoms with E-state index in [2.05, 4.69) is 17.0 Å². The van der Waals surface area contributed by atoms with Crippen molar-refractivity contribution in [3.8, 4) is 0 Å². The number of primary amides is 1. The second kappa shape index (κ2) is 5.29. The molecule has 2 unspecified atom stereocenters. The van der Waals surface area contributed by atoms with Crippen LogP contribution in [0.5, 0.6) is 0 Å². The Morgan fingerprint density at radius 1 is 1.41 bits per heavy atom. The normalized spacial score (nSPS) is 22.5. The Morgan fingerprint density at radius 3 is 2.65 bits per heavy atom. The Hall–Kier alpha value is -1.39. The standard InChI is InChI=1S/C13H19N3O/c14-8-12(10-4-2-1-3-5-10)16-7-6-11(9-16)13(15)17/h1-5,11-12H,6-9,14H2,(H2,15,17). The Morgan fingerprint density at radius 2 is 2.12 bits per heavy atom. The van der Waals surface area contributed by atoms with Crippen LogP contribution in [0.1, 0.15) is 18.0 Å². The highest BCUT2D eigenvalue weighted by molar-refractivity contribution is 5.77. The molecule has 1 heterocycles. The molecular weight excluding hydrogens is 214 g/mol. The van der Waals surface area contributed by atoms with Crippen LogP contribution in [-0.2, 0) is 4.79 Å². The van der Waals surface area contributed by atoms with Crippen LogP contribution in [0.15, 0.2) is 30.3 Å². The van der Waals surface area contributed by atoms with Gasteiger partial charge in [0, 0.05) is 19.1 Å². The van der Waals surface area contributed by atoms with Gasteiger partial charge in [0.05, 0.1) is 5.92 Å². The molecule has 1 aliphatic rings. The number of hydrogen-bond acceptors (Lipinski definition) is 3. The largest absolute Gasteiger partial charge is 0.369 e. The van der Waals surface area contributed by atoms with Crippen LogP contribution >= 0.6 is 0 Å². The molecular formula is C13H19N3O. The molecule has 4 nitrogen and oxygen atoms in total.